The van der Waals surface area contributed by atoms with Gasteiger partial charge in [-0.1, -0.05) is 61.0 Å². The number of carbonyl (C=O) groups is 3. The molecule has 2 aromatic rings. The molecule has 184 valence electrons. The second-order valence-corrected chi connectivity index (χ2v) is 9.30. The number of nitrogens with one attached hydrogen (secondary N) is 2. The number of ether oxygens (including phenoxy) is 1. The van der Waals surface area contributed by atoms with Crippen molar-refractivity contribution in [1.82, 2.24) is 10.6 Å². The Morgan fingerprint density at radius 3 is 2.34 bits per heavy atom. The van der Waals surface area contributed by atoms with Crippen molar-refractivity contribution < 1.29 is 24.2 Å². The molecule has 2 aliphatic rings. The third kappa shape index (κ3) is 5.73. The zero-order valence-corrected chi connectivity index (χ0v) is 19.7. The van der Waals surface area contributed by atoms with Gasteiger partial charge >= 0.3 is 12.1 Å². The number of benzene rings is 2. The van der Waals surface area contributed by atoms with Crippen LogP contribution in [-0.4, -0.2) is 41.8 Å². The molecule has 0 spiro atoms. The monoisotopic (exact) mass is 476 g/mol. The summed E-state index contributed by atoms with van der Waals surface area (Å²) in [4.78, 5) is 36.8. The van der Waals surface area contributed by atoms with Crippen molar-refractivity contribution in [2.75, 3.05) is 6.61 Å². The lowest BCUT2D eigenvalue weighted by molar-refractivity contribution is -0.142. The lowest BCUT2D eigenvalue weighted by Crippen LogP contribution is -2.47. The van der Waals surface area contributed by atoms with Gasteiger partial charge in [0.25, 0.3) is 0 Å². The molecule has 7 nitrogen and oxygen atoms in total. The van der Waals surface area contributed by atoms with E-state index in [9.17, 15) is 19.5 Å². The van der Waals surface area contributed by atoms with Gasteiger partial charge in [-0.25, -0.2) is 9.59 Å². The van der Waals surface area contributed by atoms with Gasteiger partial charge in [0.2, 0.25) is 5.91 Å². The maximum Gasteiger partial charge on any atom is 0.407 e. The van der Waals surface area contributed by atoms with Gasteiger partial charge in [0.15, 0.2) is 0 Å². The van der Waals surface area contributed by atoms with E-state index in [1.165, 1.54) is 11.1 Å². The van der Waals surface area contributed by atoms with Gasteiger partial charge in [0, 0.05) is 17.9 Å². The SMILES string of the molecule is C=CCCC(NC(=O)[C@@H]1CCC[C@H](NC(=O)OCC2c3ccccc3-c3ccccc32)C1)C(=O)O. The molecule has 2 aliphatic carbocycles. The Kier molecular flexibility index (Phi) is 7.85. The fourth-order valence-corrected chi connectivity index (χ4v) is 5.20. The van der Waals surface area contributed by atoms with Crippen LogP contribution in [0.5, 0.6) is 0 Å². The zero-order valence-electron chi connectivity index (χ0n) is 19.7. The minimum Gasteiger partial charge on any atom is -0.480 e. The second kappa shape index (κ2) is 11.2. The van der Waals surface area contributed by atoms with Crippen molar-refractivity contribution in [3.63, 3.8) is 0 Å². The standard InChI is InChI=1S/C28H32N2O5/c1-2-3-15-25(27(32)33)30-26(31)18-9-8-10-19(16-18)29-28(34)35-17-24-22-13-6-4-11-20(22)21-12-5-7-14-23(21)24/h2,4-7,11-14,18-19,24-25H,1,3,8-10,15-17H2,(H,29,34)(H,30,31)(H,32,33)/t18-,19+,25?/m1/s1. The molecule has 1 saturated carbocycles. The van der Waals surface area contributed by atoms with Crippen molar-refractivity contribution in [2.45, 2.75) is 56.5 Å². The molecule has 1 fully saturated rings. The molecular formula is C28H32N2O5. The zero-order chi connectivity index (χ0) is 24.8. The number of carboxylic acids is 1. The highest BCUT2D eigenvalue weighted by Crippen LogP contribution is 2.44. The molecule has 0 radical (unpaired) electrons. The van der Waals surface area contributed by atoms with Gasteiger partial charge in [0.1, 0.15) is 12.6 Å². The number of amides is 2. The molecular weight excluding hydrogens is 444 g/mol. The molecule has 0 bridgehead atoms. The number of rotatable bonds is 9. The second-order valence-electron chi connectivity index (χ2n) is 9.30. The van der Waals surface area contributed by atoms with E-state index in [0.29, 0.717) is 25.7 Å². The molecule has 35 heavy (non-hydrogen) atoms. The van der Waals surface area contributed by atoms with E-state index in [-0.39, 0.29) is 30.4 Å². The number of carboxylic acid groups (broad SMARTS) is 1. The van der Waals surface area contributed by atoms with Crippen LogP contribution in [0, 0.1) is 5.92 Å². The Morgan fingerprint density at radius 1 is 1.06 bits per heavy atom. The molecule has 0 saturated heterocycles. The molecule has 1 unspecified atom stereocenters. The predicted octanol–water partition coefficient (Wildman–Crippen LogP) is 4.62. The first-order valence-corrected chi connectivity index (χ1v) is 12.2. The quantitative estimate of drug-likeness (QED) is 0.458. The summed E-state index contributed by atoms with van der Waals surface area (Å²) >= 11 is 0. The number of alkyl carbamates (subject to hydrolysis) is 1. The highest BCUT2D eigenvalue weighted by molar-refractivity contribution is 5.85. The molecule has 2 aromatic carbocycles. The van der Waals surface area contributed by atoms with Crippen LogP contribution in [0.4, 0.5) is 4.79 Å². The van der Waals surface area contributed by atoms with Crippen LogP contribution < -0.4 is 10.6 Å². The Morgan fingerprint density at radius 2 is 1.71 bits per heavy atom. The number of allylic oxidation sites excluding steroid dienone is 1. The van der Waals surface area contributed by atoms with Crippen molar-refractivity contribution in [3.8, 4) is 11.1 Å². The fourth-order valence-electron chi connectivity index (χ4n) is 5.20. The molecule has 7 heteroatoms. The average Bonchev–Trinajstić information content (AvgIpc) is 3.19. The summed E-state index contributed by atoms with van der Waals surface area (Å²) in [6, 6.07) is 15.2. The maximum absolute atomic E-state index is 12.7. The minimum atomic E-state index is -1.05. The first-order chi connectivity index (χ1) is 17.0. The molecule has 4 rings (SSSR count). The van der Waals surface area contributed by atoms with Crippen molar-refractivity contribution >= 4 is 18.0 Å². The van der Waals surface area contributed by atoms with E-state index in [1.54, 1.807) is 6.08 Å². The Bertz CT molecular complexity index is 1050. The van der Waals surface area contributed by atoms with Crippen molar-refractivity contribution in [2.24, 2.45) is 5.92 Å². The fraction of sp³-hybridized carbons (Fsp3) is 0.393. The Hall–Kier alpha value is -3.61. The number of carbonyl (C=O) groups excluding carboxylic acids is 2. The van der Waals surface area contributed by atoms with Gasteiger partial charge in [-0.2, -0.15) is 0 Å². The van der Waals surface area contributed by atoms with Gasteiger partial charge in [-0.3, -0.25) is 4.79 Å². The van der Waals surface area contributed by atoms with Gasteiger partial charge in [-0.15, -0.1) is 6.58 Å². The van der Waals surface area contributed by atoms with E-state index in [2.05, 4.69) is 41.5 Å². The Balaban J connectivity index is 1.31. The van der Waals surface area contributed by atoms with Crippen LogP contribution >= 0.6 is 0 Å². The number of aliphatic carboxylic acids is 1. The summed E-state index contributed by atoms with van der Waals surface area (Å²) in [5, 5.41) is 14.9. The lowest BCUT2D eigenvalue weighted by atomic mass is 9.85. The van der Waals surface area contributed by atoms with Crippen LogP contribution in [-0.2, 0) is 14.3 Å². The third-order valence-corrected chi connectivity index (χ3v) is 6.98. The third-order valence-electron chi connectivity index (χ3n) is 6.98. The van der Waals surface area contributed by atoms with Gasteiger partial charge in [0.05, 0.1) is 0 Å². The summed E-state index contributed by atoms with van der Waals surface area (Å²) in [5.74, 6) is -1.68. The van der Waals surface area contributed by atoms with Crippen LogP contribution in [0.25, 0.3) is 11.1 Å². The molecule has 0 aliphatic heterocycles. The first-order valence-electron chi connectivity index (χ1n) is 12.2. The molecule has 0 aromatic heterocycles. The number of hydrogen-bond acceptors (Lipinski definition) is 4. The highest BCUT2D eigenvalue weighted by Gasteiger charge is 2.32. The topological polar surface area (TPSA) is 105 Å². The van der Waals surface area contributed by atoms with Crippen molar-refractivity contribution in [1.29, 1.82) is 0 Å². The lowest BCUT2D eigenvalue weighted by Gasteiger charge is -2.29. The minimum absolute atomic E-state index is 0.0125. The van der Waals surface area contributed by atoms with Crippen LogP contribution in [0.2, 0.25) is 0 Å². The highest BCUT2D eigenvalue weighted by atomic mass is 16.5. The Labute approximate surface area is 205 Å². The number of fused-ring (bicyclic) bond motifs is 3. The predicted molar refractivity (Wildman–Crippen MR) is 133 cm³/mol. The number of hydrogen-bond donors (Lipinski definition) is 3. The van der Waals surface area contributed by atoms with E-state index >= 15 is 0 Å². The summed E-state index contributed by atoms with van der Waals surface area (Å²) < 4.78 is 5.64. The summed E-state index contributed by atoms with van der Waals surface area (Å²) in [6.45, 7) is 3.84. The van der Waals surface area contributed by atoms with Crippen LogP contribution in [0.3, 0.4) is 0 Å². The molecule has 2 amide bonds. The van der Waals surface area contributed by atoms with E-state index in [1.807, 2.05) is 24.3 Å². The van der Waals surface area contributed by atoms with E-state index in [0.717, 1.165) is 24.0 Å². The smallest absolute Gasteiger partial charge is 0.407 e. The van der Waals surface area contributed by atoms with Crippen LogP contribution in [0.1, 0.15) is 55.6 Å². The summed E-state index contributed by atoms with van der Waals surface area (Å²) in [6.07, 6.45) is 4.62. The van der Waals surface area contributed by atoms with Crippen LogP contribution in [0.15, 0.2) is 61.2 Å². The normalized spacial score (nSPS) is 19.7. The van der Waals surface area contributed by atoms with E-state index in [4.69, 9.17) is 4.74 Å². The first kappa shape index (κ1) is 24.5. The molecule has 0 heterocycles. The van der Waals surface area contributed by atoms with Gasteiger partial charge in [-0.05, 0) is 54.4 Å². The van der Waals surface area contributed by atoms with E-state index < -0.39 is 18.1 Å². The molecule has 3 N–H and O–H groups in total. The average molecular weight is 477 g/mol. The van der Waals surface area contributed by atoms with Gasteiger partial charge < -0.3 is 20.5 Å². The maximum atomic E-state index is 12.7. The molecule has 3 atom stereocenters. The van der Waals surface area contributed by atoms with Crippen molar-refractivity contribution in [3.05, 3.63) is 72.3 Å². The largest absolute Gasteiger partial charge is 0.480 e. The summed E-state index contributed by atoms with van der Waals surface area (Å²) in [5.41, 5.74) is 4.65. The summed E-state index contributed by atoms with van der Waals surface area (Å²) in [7, 11) is 0.